The molecule has 0 fully saturated rings. The van der Waals surface area contributed by atoms with Gasteiger partial charge in [-0.05, 0) is 0 Å². The summed E-state index contributed by atoms with van der Waals surface area (Å²) in [5, 5.41) is 7.96. The highest BCUT2D eigenvalue weighted by atomic mass is 32.2. The Bertz CT molecular complexity index is 172. The molecule has 0 aromatic carbocycles. The third kappa shape index (κ3) is 9.02. The first-order valence-electron chi connectivity index (χ1n) is 3.04. The molecule has 0 saturated carbocycles. The number of carbonyl (C=O) groups excluding carboxylic acids is 1. The van der Waals surface area contributed by atoms with E-state index >= 15 is 0 Å². The van der Waals surface area contributed by atoms with Crippen LogP contribution in [-0.2, 0) is 9.53 Å². The first-order chi connectivity index (χ1) is 5.41. The number of hydrogen-bond acceptors (Lipinski definition) is 5. The van der Waals surface area contributed by atoms with Crippen molar-refractivity contribution in [3.63, 3.8) is 0 Å². The zero-order valence-electron chi connectivity index (χ0n) is 5.95. The van der Waals surface area contributed by atoms with Crippen LogP contribution in [0.25, 0.3) is 0 Å². The molecule has 0 atom stereocenters. The van der Waals surface area contributed by atoms with Crippen molar-refractivity contribution in [3.8, 4) is 6.26 Å². The summed E-state index contributed by atoms with van der Waals surface area (Å²) >= 11 is 1.58. The van der Waals surface area contributed by atoms with Crippen LogP contribution in [-0.4, -0.2) is 30.7 Å². The molecule has 0 spiro atoms. The summed E-state index contributed by atoms with van der Waals surface area (Å²) < 4.78 is 4.42. The Labute approximate surface area is 69.3 Å². The summed E-state index contributed by atoms with van der Waals surface area (Å²) in [6, 6.07) is 0. The zero-order chi connectivity index (χ0) is 8.36. The number of nitriles is 1. The average molecular weight is 172 g/mol. The van der Waals surface area contributed by atoms with E-state index in [1.165, 1.54) is 6.08 Å². The van der Waals surface area contributed by atoms with Gasteiger partial charge in [-0.15, -0.1) is 0 Å². The van der Waals surface area contributed by atoms with Gasteiger partial charge >= 0.3 is 0 Å². The Hall–Kier alpha value is -0.980. The highest BCUT2D eigenvalue weighted by Crippen LogP contribution is 1.97. The number of thioether (sulfide) groups is 1. The van der Waals surface area contributed by atoms with Gasteiger partial charge in [0, 0.05) is 11.5 Å². The third-order valence-electron chi connectivity index (χ3n) is 0.806. The van der Waals surface area contributed by atoms with Crippen LogP contribution < -0.4 is 0 Å². The lowest BCUT2D eigenvalue weighted by Gasteiger charge is -1.94. The molecule has 0 saturated heterocycles. The summed E-state index contributed by atoms with van der Waals surface area (Å²) in [4.78, 5) is 12.9. The molecule has 60 valence electrons. The molecular weight excluding hydrogens is 164 g/mol. The summed E-state index contributed by atoms with van der Waals surface area (Å²) in [6.45, 7) is 0.909. The number of ether oxygens (including phenoxy) is 1. The van der Waals surface area contributed by atoms with Crippen molar-refractivity contribution < 1.29 is 9.53 Å². The number of hydrogen-bond donors (Lipinski definition) is 0. The van der Waals surface area contributed by atoms with Gasteiger partial charge in [-0.1, -0.05) is 0 Å². The van der Waals surface area contributed by atoms with Gasteiger partial charge in [-0.25, -0.2) is 9.79 Å². The average Bonchev–Trinajstić information content (AvgIpc) is 2.03. The van der Waals surface area contributed by atoms with Crippen molar-refractivity contribution in [2.75, 3.05) is 24.7 Å². The standard InChI is InChI=1S/C6H8N2O2S/c7-5-10-2-4-11-3-1-8-6-9/h1-4H2. The van der Waals surface area contributed by atoms with Gasteiger partial charge in [-0.2, -0.15) is 17.0 Å². The van der Waals surface area contributed by atoms with Crippen molar-refractivity contribution >= 4 is 17.8 Å². The number of nitrogens with zero attached hydrogens (tertiary/aromatic N) is 2. The fourth-order valence-corrected chi connectivity index (χ4v) is 1.03. The van der Waals surface area contributed by atoms with Crippen molar-refractivity contribution in [1.82, 2.24) is 0 Å². The minimum absolute atomic E-state index is 0.423. The summed E-state index contributed by atoms with van der Waals surface area (Å²) in [5.74, 6) is 1.52. The van der Waals surface area contributed by atoms with Gasteiger partial charge in [-0.3, -0.25) is 0 Å². The van der Waals surface area contributed by atoms with Gasteiger partial charge in [0.15, 0.2) is 0 Å². The molecule has 0 aliphatic rings. The molecule has 0 bridgehead atoms. The van der Waals surface area contributed by atoms with Gasteiger partial charge in [0.05, 0.1) is 6.54 Å². The Kier molecular flexibility index (Phi) is 8.22. The van der Waals surface area contributed by atoms with Crippen LogP contribution >= 0.6 is 11.8 Å². The quantitative estimate of drug-likeness (QED) is 0.254. The van der Waals surface area contributed by atoms with Crippen molar-refractivity contribution in [3.05, 3.63) is 0 Å². The second kappa shape index (κ2) is 9.02. The van der Waals surface area contributed by atoms with E-state index in [1.54, 1.807) is 18.0 Å². The predicted octanol–water partition coefficient (Wildman–Crippen LogP) is 0.553. The molecule has 0 aromatic heterocycles. The lowest BCUT2D eigenvalue weighted by atomic mass is 10.8. The largest absolute Gasteiger partial charge is 0.427 e. The molecule has 0 amide bonds. The molecule has 0 aliphatic carbocycles. The fourth-order valence-electron chi connectivity index (χ4n) is 0.404. The Balaban J connectivity index is 2.91. The third-order valence-corrected chi connectivity index (χ3v) is 1.73. The minimum atomic E-state index is 0.423. The molecule has 5 heteroatoms. The molecule has 4 nitrogen and oxygen atoms in total. The van der Waals surface area contributed by atoms with Crippen LogP contribution in [0.4, 0.5) is 0 Å². The number of isocyanates is 1. The molecule has 11 heavy (non-hydrogen) atoms. The molecule has 0 N–H and O–H groups in total. The van der Waals surface area contributed by atoms with E-state index in [9.17, 15) is 4.79 Å². The molecule has 0 heterocycles. The Morgan fingerprint density at radius 2 is 2.36 bits per heavy atom. The van der Waals surface area contributed by atoms with E-state index in [-0.39, 0.29) is 0 Å². The maximum atomic E-state index is 9.57. The van der Waals surface area contributed by atoms with E-state index < -0.39 is 0 Å². The Morgan fingerprint density at radius 1 is 1.55 bits per heavy atom. The first kappa shape index (κ1) is 10.0. The molecular formula is C6H8N2O2S. The van der Waals surface area contributed by atoms with Crippen molar-refractivity contribution in [1.29, 1.82) is 5.26 Å². The highest BCUT2D eigenvalue weighted by molar-refractivity contribution is 7.99. The molecule has 0 unspecified atom stereocenters. The number of rotatable bonds is 6. The summed E-state index contributed by atoms with van der Waals surface area (Å²) in [5.41, 5.74) is 0. The van der Waals surface area contributed by atoms with Gasteiger partial charge in [0.2, 0.25) is 6.08 Å². The zero-order valence-corrected chi connectivity index (χ0v) is 6.76. The second-order valence-corrected chi connectivity index (χ2v) is 2.75. The van der Waals surface area contributed by atoms with Crippen LogP contribution in [0.3, 0.4) is 0 Å². The lowest BCUT2D eigenvalue weighted by molar-refractivity contribution is 0.295. The maximum Gasteiger partial charge on any atom is 0.286 e. The smallest absolute Gasteiger partial charge is 0.286 e. The van der Waals surface area contributed by atoms with E-state index in [0.717, 1.165) is 11.5 Å². The Morgan fingerprint density at radius 3 is 3.00 bits per heavy atom. The normalized spacial score (nSPS) is 7.91. The van der Waals surface area contributed by atoms with E-state index in [1.807, 2.05) is 0 Å². The fraction of sp³-hybridized carbons (Fsp3) is 0.667. The van der Waals surface area contributed by atoms with Gasteiger partial charge < -0.3 is 4.74 Å². The van der Waals surface area contributed by atoms with Crippen LogP contribution in [0.15, 0.2) is 4.99 Å². The van der Waals surface area contributed by atoms with Crippen molar-refractivity contribution in [2.24, 2.45) is 4.99 Å². The lowest BCUT2D eigenvalue weighted by Crippen LogP contribution is -1.94. The van der Waals surface area contributed by atoms with Crippen LogP contribution in [0.5, 0.6) is 0 Å². The number of aliphatic imine (C=N–C) groups is 1. The van der Waals surface area contributed by atoms with Crippen LogP contribution in [0.1, 0.15) is 0 Å². The summed E-state index contributed by atoms with van der Waals surface area (Å²) in [7, 11) is 0. The van der Waals surface area contributed by atoms with Gasteiger partial charge in [0.1, 0.15) is 6.61 Å². The monoisotopic (exact) mass is 172 g/mol. The molecule has 0 radical (unpaired) electrons. The van der Waals surface area contributed by atoms with E-state index in [4.69, 9.17) is 5.26 Å². The second-order valence-electron chi connectivity index (χ2n) is 1.53. The van der Waals surface area contributed by atoms with Crippen molar-refractivity contribution in [2.45, 2.75) is 0 Å². The molecule has 0 rings (SSSR count). The van der Waals surface area contributed by atoms with Gasteiger partial charge in [0.25, 0.3) is 6.26 Å². The van der Waals surface area contributed by atoms with Crippen LogP contribution in [0, 0.1) is 11.5 Å². The minimum Gasteiger partial charge on any atom is -0.427 e. The predicted molar refractivity (Wildman–Crippen MR) is 41.9 cm³/mol. The first-order valence-corrected chi connectivity index (χ1v) is 4.19. The maximum absolute atomic E-state index is 9.57. The molecule has 0 aromatic rings. The van der Waals surface area contributed by atoms with E-state index in [0.29, 0.717) is 13.2 Å². The van der Waals surface area contributed by atoms with Crippen LogP contribution in [0.2, 0.25) is 0 Å². The van der Waals surface area contributed by atoms with E-state index in [2.05, 4.69) is 9.73 Å². The highest BCUT2D eigenvalue weighted by Gasteiger charge is 1.87. The molecule has 0 aliphatic heterocycles. The topological polar surface area (TPSA) is 62.4 Å². The SMILES string of the molecule is N#COCCSCCN=C=O. The summed E-state index contributed by atoms with van der Waals surface area (Å²) in [6.07, 6.45) is 3.02.